The highest BCUT2D eigenvalue weighted by atomic mass is 35.5. The minimum atomic E-state index is -0.945. The van der Waals surface area contributed by atoms with Crippen LogP contribution in [-0.2, 0) is 5.54 Å². The second-order valence-corrected chi connectivity index (χ2v) is 4.38. The van der Waals surface area contributed by atoms with E-state index in [0.29, 0.717) is 10.8 Å². The van der Waals surface area contributed by atoms with Crippen molar-refractivity contribution in [3.05, 3.63) is 47.0 Å². The lowest BCUT2D eigenvalue weighted by Gasteiger charge is -2.21. The van der Waals surface area contributed by atoms with Gasteiger partial charge in [-0.25, -0.2) is 9.67 Å². The number of aryl methyl sites for hydroxylation is 1. The zero-order chi connectivity index (χ0) is 12.5. The SMILES string of the molecule is Cc1cnn(C(C)(C#N)c2cccc(Cl)n2)c1. The van der Waals surface area contributed by atoms with Crippen molar-refractivity contribution in [1.29, 1.82) is 5.26 Å². The molecule has 0 bridgehead atoms. The van der Waals surface area contributed by atoms with Crippen molar-refractivity contribution in [3.63, 3.8) is 0 Å². The molecule has 0 saturated heterocycles. The van der Waals surface area contributed by atoms with Gasteiger partial charge in [0.15, 0.2) is 5.54 Å². The number of halogens is 1. The van der Waals surface area contributed by atoms with Crippen LogP contribution in [0, 0.1) is 18.3 Å². The Hall–Kier alpha value is -1.86. The third-order valence-corrected chi connectivity index (χ3v) is 2.81. The Bertz CT molecular complexity index is 584. The van der Waals surface area contributed by atoms with E-state index in [4.69, 9.17) is 11.6 Å². The van der Waals surface area contributed by atoms with Gasteiger partial charge in [0.2, 0.25) is 0 Å². The first kappa shape index (κ1) is 11.6. The molecule has 0 radical (unpaired) electrons. The summed E-state index contributed by atoms with van der Waals surface area (Å²) in [6.45, 7) is 3.69. The van der Waals surface area contributed by atoms with Crippen molar-refractivity contribution in [2.75, 3.05) is 0 Å². The van der Waals surface area contributed by atoms with Crippen LogP contribution in [0.25, 0.3) is 0 Å². The number of hydrogen-bond acceptors (Lipinski definition) is 3. The molecule has 0 fully saturated rings. The summed E-state index contributed by atoms with van der Waals surface area (Å²) in [4.78, 5) is 4.18. The van der Waals surface area contributed by atoms with Crippen LogP contribution in [0.5, 0.6) is 0 Å². The summed E-state index contributed by atoms with van der Waals surface area (Å²) >= 11 is 5.85. The molecule has 1 atom stereocenters. The summed E-state index contributed by atoms with van der Waals surface area (Å²) in [6.07, 6.45) is 3.52. The molecule has 2 heterocycles. The van der Waals surface area contributed by atoms with Gasteiger partial charge in [-0.3, -0.25) is 0 Å². The Morgan fingerprint density at radius 1 is 1.47 bits per heavy atom. The molecule has 2 aromatic heterocycles. The Morgan fingerprint density at radius 3 is 2.76 bits per heavy atom. The van der Waals surface area contributed by atoms with Gasteiger partial charge in [0.1, 0.15) is 5.15 Å². The zero-order valence-corrected chi connectivity index (χ0v) is 10.3. The molecule has 0 aliphatic heterocycles. The Balaban J connectivity index is 2.56. The highest BCUT2D eigenvalue weighted by Crippen LogP contribution is 2.24. The van der Waals surface area contributed by atoms with E-state index in [9.17, 15) is 5.26 Å². The molecule has 4 nitrogen and oxygen atoms in total. The van der Waals surface area contributed by atoms with E-state index in [1.165, 1.54) is 0 Å². The highest BCUT2D eigenvalue weighted by Gasteiger charge is 2.31. The second kappa shape index (κ2) is 4.19. The monoisotopic (exact) mass is 246 g/mol. The summed E-state index contributed by atoms with van der Waals surface area (Å²) < 4.78 is 1.60. The molecular weight excluding hydrogens is 236 g/mol. The fourth-order valence-corrected chi connectivity index (χ4v) is 1.73. The summed E-state index contributed by atoms with van der Waals surface area (Å²) in [5.74, 6) is 0. The number of hydrogen-bond donors (Lipinski definition) is 0. The molecule has 0 saturated carbocycles. The Labute approximate surface area is 104 Å². The predicted molar refractivity (Wildman–Crippen MR) is 64.6 cm³/mol. The van der Waals surface area contributed by atoms with Crippen LogP contribution in [-0.4, -0.2) is 14.8 Å². The van der Waals surface area contributed by atoms with Gasteiger partial charge >= 0.3 is 0 Å². The number of aromatic nitrogens is 3. The van der Waals surface area contributed by atoms with E-state index in [-0.39, 0.29) is 0 Å². The molecule has 0 aromatic carbocycles. The fourth-order valence-electron chi connectivity index (χ4n) is 1.56. The van der Waals surface area contributed by atoms with E-state index < -0.39 is 5.54 Å². The van der Waals surface area contributed by atoms with Crippen LogP contribution < -0.4 is 0 Å². The van der Waals surface area contributed by atoms with E-state index in [1.807, 2.05) is 13.1 Å². The van der Waals surface area contributed by atoms with Crippen LogP contribution in [0.4, 0.5) is 0 Å². The molecule has 86 valence electrons. The molecule has 2 aromatic rings. The number of pyridine rings is 1. The van der Waals surface area contributed by atoms with Crippen molar-refractivity contribution in [1.82, 2.24) is 14.8 Å². The van der Waals surface area contributed by atoms with Crippen LogP contribution in [0.2, 0.25) is 5.15 Å². The number of nitrogens with zero attached hydrogens (tertiary/aromatic N) is 4. The largest absolute Gasteiger partial charge is 0.246 e. The smallest absolute Gasteiger partial charge is 0.187 e. The first-order valence-electron chi connectivity index (χ1n) is 5.12. The summed E-state index contributed by atoms with van der Waals surface area (Å²) in [7, 11) is 0. The third-order valence-electron chi connectivity index (χ3n) is 2.60. The van der Waals surface area contributed by atoms with E-state index in [0.717, 1.165) is 5.56 Å². The maximum atomic E-state index is 9.40. The second-order valence-electron chi connectivity index (χ2n) is 3.99. The molecule has 17 heavy (non-hydrogen) atoms. The topological polar surface area (TPSA) is 54.5 Å². The molecule has 0 spiro atoms. The van der Waals surface area contributed by atoms with Gasteiger partial charge in [0.05, 0.1) is 18.0 Å². The van der Waals surface area contributed by atoms with Gasteiger partial charge in [-0.05, 0) is 31.5 Å². The molecular formula is C12H11ClN4. The standard InChI is InChI=1S/C12H11ClN4/c1-9-6-15-17(7-9)12(2,8-14)10-4-3-5-11(13)16-10/h3-7H,1-2H3. The summed E-state index contributed by atoms with van der Waals surface area (Å²) in [6, 6.07) is 7.45. The lowest BCUT2D eigenvalue weighted by Crippen LogP contribution is -2.31. The van der Waals surface area contributed by atoms with Crippen molar-refractivity contribution in [2.45, 2.75) is 19.4 Å². The van der Waals surface area contributed by atoms with Crippen LogP contribution in [0.1, 0.15) is 18.2 Å². The fraction of sp³-hybridized carbons (Fsp3) is 0.250. The lowest BCUT2D eigenvalue weighted by atomic mass is 9.99. The van der Waals surface area contributed by atoms with Crippen molar-refractivity contribution in [3.8, 4) is 6.07 Å². The minimum absolute atomic E-state index is 0.368. The highest BCUT2D eigenvalue weighted by molar-refractivity contribution is 6.29. The average Bonchev–Trinajstić information content (AvgIpc) is 2.75. The third kappa shape index (κ3) is 2.02. The molecule has 2 rings (SSSR count). The summed E-state index contributed by atoms with van der Waals surface area (Å²) in [5.41, 5.74) is 0.628. The maximum absolute atomic E-state index is 9.40. The molecule has 0 aliphatic carbocycles. The Morgan fingerprint density at radius 2 is 2.24 bits per heavy atom. The van der Waals surface area contributed by atoms with Crippen molar-refractivity contribution in [2.24, 2.45) is 0 Å². The molecule has 0 N–H and O–H groups in total. The van der Waals surface area contributed by atoms with Crippen LogP contribution in [0.3, 0.4) is 0 Å². The maximum Gasteiger partial charge on any atom is 0.187 e. The van der Waals surface area contributed by atoms with Gasteiger partial charge in [-0.2, -0.15) is 10.4 Å². The van der Waals surface area contributed by atoms with Gasteiger partial charge < -0.3 is 0 Å². The first-order chi connectivity index (χ1) is 8.06. The summed E-state index contributed by atoms with van der Waals surface area (Å²) in [5, 5.41) is 13.9. The van der Waals surface area contributed by atoms with Gasteiger partial charge in [-0.15, -0.1) is 0 Å². The van der Waals surface area contributed by atoms with E-state index in [1.54, 1.807) is 36.0 Å². The number of rotatable bonds is 2. The van der Waals surface area contributed by atoms with Crippen LogP contribution in [0.15, 0.2) is 30.6 Å². The molecule has 0 aliphatic rings. The van der Waals surface area contributed by atoms with Crippen LogP contribution >= 0.6 is 11.6 Å². The van der Waals surface area contributed by atoms with Gasteiger partial charge in [0, 0.05) is 6.20 Å². The molecule has 1 unspecified atom stereocenters. The predicted octanol–water partition coefficient (Wildman–Crippen LogP) is 2.53. The molecule has 5 heteroatoms. The quantitative estimate of drug-likeness (QED) is 0.765. The van der Waals surface area contributed by atoms with E-state index >= 15 is 0 Å². The van der Waals surface area contributed by atoms with Gasteiger partial charge in [-0.1, -0.05) is 17.7 Å². The normalized spacial score (nSPS) is 14.0. The minimum Gasteiger partial charge on any atom is -0.246 e. The lowest BCUT2D eigenvalue weighted by molar-refractivity contribution is 0.441. The number of nitriles is 1. The average molecular weight is 247 g/mol. The molecule has 0 amide bonds. The Kier molecular flexibility index (Phi) is 2.86. The van der Waals surface area contributed by atoms with E-state index in [2.05, 4.69) is 16.2 Å². The van der Waals surface area contributed by atoms with Crippen molar-refractivity contribution < 1.29 is 0 Å². The first-order valence-corrected chi connectivity index (χ1v) is 5.50. The van der Waals surface area contributed by atoms with Crippen molar-refractivity contribution >= 4 is 11.6 Å². The van der Waals surface area contributed by atoms with Gasteiger partial charge in [0.25, 0.3) is 0 Å². The zero-order valence-electron chi connectivity index (χ0n) is 9.55.